The molecule has 0 aliphatic rings. The average Bonchev–Trinajstić information content (AvgIpc) is 2.28. The molecule has 0 spiro atoms. The van der Waals surface area contributed by atoms with Gasteiger partial charge in [0.25, 0.3) is 0 Å². The van der Waals surface area contributed by atoms with E-state index in [1.165, 1.54) is 0 Å². The summed E-state index contributed by atoms with van der Waals surface area (Å²) in [7, 11) is 1.66. The molecule has 0 amide bonds. The fourth-order valence-electron chi connectivity index (χ4n) is 1.73. The van der Waals surface area contributed by atoms with Crippen molar-refractivity contribution in [2.24, 2.45) is 5.92 Å². The maximum absolute atomic E-state index is 9.30. The molecule has 1 aromatic carbocycles. The lowest BCUT2D eigenvalue weighted by molar-refractivity contribution is 0.209. The van der Waals surface area contributed by atoms with E-state index in [9.17, 15) is 5.11 Å². The van der Waals surface area contributed by atoms with Crippen LogP contribution in [-0.4, -0.2) is 24.9 Å². The first-order valence-electron chi connectivity index (χ1n) is 5.85. The maximum atomic E-state index is 9.30. The van der Waals surface area contributed by atoms with Crippen LogP contribution in [-0.2, 0) is 6.54 Å². The van der Waals surface area contributed by atoms with E-state index in [0.29, 0.717) is 12.5 Å². The van der Waals surface area contributed by atoms with Crippen molar-refractivity contribution in [3.63, 3.8) is 0 Å². The molecule has 1 aromatic rings. The second-order valence-corrected chi connectivity index (χ2v) is 6.26. The van der Waals surface area contributed by atoms with Crippen molar-refractivity contribution in [2.75, 3.05) is 13.7 Å². The van der Waals surface area contributed by atoms with Crippen molar-refractivity contribution >= 4 is 31.9 Å². The predicted molar refractivity (Wildman–Crippen MR) is 80.9 cm³/mol. The van der Waals surface area contributed by atoms with Crippen LogP contribution in [0.15, 0.2) is 21.1 Å². The van der Waals surface area contributed by atoms with E-state index in [0.717, 1.165) is 20.3 Å². The van der Waals surface area contributed by atoms with Crippen molar-refractivity contribution < 1.29 is 9.84 Å². The van der Waals surface area contributed by atoms with Gasteiger partial charge in [-0.3, -0.25) is 0 Å². The molecule has 0 bridgehead atoms. The van der Waals surface area contributed by atoms with Crippen LogP contribution < -0.4 is 10.1 Å². The van der Waals surface area contributed by atoms with Gasteiger partial charge in [-0.2, -0.15) is 0 Å². The third-order valence-electron chi connectivity index (χ3n) is 2.85. The van der Waals surface area contributed by atoms with Crippen molar-refractivity contribution in [3.05, 3.63) is 26.6 Å². The standard InChI is InChI=1S/C13H19Br2NO2/c1-8(2)12(7-17)16-6-9-4-10(14)5-11(15)13(9)18-3/h4-5,8,12,16-17H,6-7H2,1-3H3. The number of aliphatic hydroxyl groups is 1. The summed E-state index contributed by atoms with van der Waals surface area (Å²) < 4.78 is 7.30. The molecule has 5 heteroatoms. The number of benzene rings is 1. The molecule has 2 N–H and O–H groups in total. The van der Waals surface area contributed by atoms with Gasteiger partial charge in [0.2, 0.25) is 0 Å². The van der Waals surface area contributed by atoms with Gasteiger partial charge in [-0.25, -0.2) is 0 Å². The van der Waals surface area contributed by atoms with Crippen LogP contribution in [0.1, 0.15) is 19.4 Å². The molecule has 0 fully saturated rings. The molecule has 0 aliphatic heterocycles. The van der Waals surface area contributed by atoms with Gasteiger partial charge < -0.3 is 15.2 Å². The maximum Gasteiger partial charge on any atom is 0.137 e. The minimum atomic E-state index is 0.0902. The molecule has 102 valence electrons. The van der Waals surface area contributed by atoms with E-state index < -0.39 is 0 Å². The molecule has 0 saturated carbocycles. The Morgan fingerprint density at radius 2 is 2.00 bits per heavy atom. The van der Waals surface area contributed by atoms with E-state index in [1.807, 2.05) is 12.1 Å². The zero-order valence-electron chi connectivity index (χ0n) is 10.8. The molecular weight excluding hydrogens is 362 g/mol. The van der Waals surface area contributed by atoms with Gasteiger partial charge in [0.15, 0.2) is 0 Å². The number of hydrogen-bond acceptors (Lipinski definition) is 3. The summed E-state index contributed by atoms with van der Waals surface area (Å²) in [6.45, 7) is 4.96. The molecule has 0 aromatic heterocycles. The van der Waals surface area contributed by atoms with E-state index in [-0.39, 0.29) is 12.6 Å². The summed E-state index contributed by atoms with van der Waals surface area (Å²) in [6, 6.07) is 4.06. The second kappa shape index (κ2) is 7.48. The third kappa shape index (κ3) is 4.23. The van der Waals surface area contributed by atoms with Crippen molar-refractivity contribution in [3.8, 4) is 5.75 Å². The normalized spacial score (nSPS) is 12.8. The highest BCUT2D eigenvalue weighted by Crippen LogP contribution is 2.32. The van der Waals surface area contributed by atoms with E-state index >= 15 is 0 Å². The van der Waals surface area contributed by atoms with Gasteiger partial charge in [0, 0.05) is 22.6 Å². The molecule has 1 unspecified atom stereocenters. The molecule has 1 rings (SSSR count). The predicted octanol–water partition coefficient (Wildman–Crippen LogP) is 3.33. The van der Waals surface area contributed by atoms with E-state index in [1.54, 1.807) is 7.11 Å². The van der Waals surface area contributed by atoms with Crippen LogP contribution in [0.2, 0.25) is 0 Å². The molecule has 18 heavy (non-hydrogen) atoms. The third-order valence-corrected chi connectivity index (χ3v) is 3.89. The van der Waals surface area contributed by atoms with Crippen LogP contribution in [0, 0.1) is 5.92 Å². The Hall–Kier alpha value is -0.100. The highest BCUT2D eigenvalue weighted by atomic mass is 79.9. The highest BCUT2D eigenvalue weighted by molar-refractivity contribution is 9.11. The zero-order chi connectivity index (χ0) is 13.7. The molecule has 0 radical (unpaired) electrons. The average molecular weight is 381 g/mol. The largest absolute Gasteiger partial charge is 0.495 e. The molecule has 3 nitrogen and oxygen atoms in total. The quantitative estimate of drug-likeness (QED) is 0.795. The number of hydrogen-bond donors (Lipinski definition) is 2. The molecule has 0 heterocycles. The summed E-state index contributed by atoms with van der Waals surface area (Å²) in [5.74, 6) is 1.21. The lowest BCUT2D eigenvalue weighted by atomic mass is 10.0. The number of aliphatic hydroxyl groups excluding tert-OH is 1. The lowest BCUT2D eigenvalue weighted by Crippen LogP contribution is -2.36. The molecule has 0 aliphatic carbocycles. The van der Waals surface area contributed by atoms with Crippen molar-refractivity contribution in [1.82, 2.24) is 5.32 Å². The highest BCUT2D eigenvalue weighted by Gasteiger charge is 2.14. The number of rotatable bonds is 6. The summed E-state index contributed by atoms with van der Waals surface area (Å²) >= 11 is 6.95. The Labute approximate surface area is 125 Å². The number of methoxy groups -OCH3 is 1. The van der Waals surface area contributed by atoms with Crippen molar-refractivity contribution in [2.45, 2.75) is 26.4 Å². The summed E-state index contributed by atoms with van der Waals surface area (Å²) in [5, 5.41) is 12.6. The summed E-state index contributed by atoms with van der Waals surface area (Å²) in [5.41, 5.74) is 1.05. The second-order valence-electron chi connectivity index (χ2n) is 4.49. The first-order valence-corrected chi connectivity index (χ1v) is 7.44. The summed E-state index contributed by atoms with van der Waals surface area (Å²) in [4.78, 5) is 0. The SMILES string of the molecule is COc1c(Br)cc(Br)cc1CNC(CO)C(C)C. The molecular formula is C13H19Br2NO2. The van der Waals surface area contributed by atoms with Crippen LogP contribution in [0.25, 0.3) is 0 Å². The molecule has 0 saturated heterocycles. The van der Waals surface area contributed by atoms with Crippen LogP contribution in [0.4, 0.5) is 0 Å². The Bertz CT molecular complexity index is 397. The Morgan fingerprint density at radius 3 is 2.50 bits per heavy atom. The Kier molecular flexibility index (Phi) is 6.63. The van der Waals surface area contributed by atoms with Gasteiger partial charge >= 0.3 is 0 Å². The lowest BCUT2D eigenvalue weighted by Gasteiger charge is -2.21. The Morgan fingerprint density at radius 1 is 1.33 bits per heavy atom. The topological polar surface area (TPSA) is 41.5 Å². The Balaban J connectivity index is 2.83. The minimum Gasteiger partial charge on any atom is -0.495 e. The van der Waals surface area contributed by atoms with Crippen LogP contribution >= 0.6 is 31.9 Å². The minimum absolute atomic E-state index is 0.0902. The molecule has 1 atom stereocenters. The monoisotopic (exact) mass is 379 g/mol. The van der Waals surface area contributed by atoms with Gasteiger partial charge in [0.1, 0.15) is 5.75 Å². The first kappa shape index (κ1) is 16.0. The van der Waals surface area contributed by atoms with E-state index in [2.05, 4.69) is 51.0 Å². The zero-order valence-corrected chi connectivity index (χ0v) is 14.0. The first-order chi connectivity index (χ1) is 8.49. The van der Waals surface area contributed by atoms with Gasteiger partial charge in [0.05, 0.1) is 18.2 Å². The van der Waals surface area contributed by atoms with Crippen LogP contribution in [0.5, 0.6) is 5.75 Å². The van der Waals surface area contributed by atoms with Gasteiger partial charge in [-0.1, -0.05) is 29.8 Å². The number of halogens is 2. The van der Waals surface area contributed by atoms with Gasteiger partial charge in [-0.05, 0) is 34.0 Å². The summed E-state index contributed by atoms with van der Waals surface area (Å²) in [6.07, 6.45) is 0. The van der Waals surface area contributed by atoms with Gasteiger partial charge in [-0.15, -0.1) is 0 Å². The van der Waals surface area contributed by atoms with Crippen molar-refractivity contribution in [1.29, 1.82) is 0 Å². The number of ether oxygens (including phenoxy) is 1. The fraction of sp³-hybridized carbons (Fsp3) is 0.538. The number of nitrogens with one attached hydrogen (secondary N) is 1. The van der Waals surface area contributed by atoms with E-state index in [4.69, 9.17) is 4.74 Å². The fourth-order valence-corrected chi connectivity index (χ4v) is 3.20. The smallest absolute Gasteiger partial charge is 0.137 e. The van der Waals surface area contributed by atoms with Crippen LogP contribution in [0.3, 0.4) is 0 Å².